The van der Waals surface area contributed by atoms with Crippen LogP contribution in [0.3, 0.4) is 0 Å². The quantitative estimate of drug-likeness (QED) is 0.178. The van der Waals surface area contributed by atoms with Gasteiger partial charge in [0.1, 0.15) is 0 Å². The fourth-order valence-corrected chi connectivity index (χ4v) is 6.38. The fraction of sp³-hybridized carbons (Fsp3) is 0.0952. The van der Waals surface area contributed by atoms with Gasteiger partial charge in [0.05, 0.1) is 5.69 Å². The van der Waals surface area contributed by atoms with Crippen molar-refractivity contribution in [1.29, 1.82) is 0 Å². The van der Waals surface area contributed by atoms with Gasteiger partial charge in [-0.25, -0.2) is 0 Å². The van der Waals surface area contributed by atoms with Crippen LogP contribution in [0, 0.1) is 5.92 Å². The topological polar surface area (TPSA) is 3.24 Å². The molecule has 43 heavy (non-hydrogen) atoms. The van der Waals surface area contributed by atoms with Crippen molar-refractivity contribution in [1.82, 2.24) is 0 Å². The first-order chi connectivity index (χ1) is 21.2. The van der Waals surface area contributed by atoms with Gasteiger partial charge in [0, 0.05) is 16.8 Å². The van der Waals surface area contributed by atoms with E-state index in [-0.39, 0.29) is 0 Å². The van der Waals surface area contributed by atoms with Gasteiger partial charge in [0.15, 0.2) is 0 Å². The van der Waals surface area contributed by atoms with Crippen molar-refractivity contribution in [2.75, 3.05) is 4.90 Å². The van der Waals surface area contributed by atoms with Crippen molar-refractivity contribution in [3.8, 4) is 0 Å². The minimum absolute atomic E-state index is 0.460. The second-order valence-corrected chi connectivity index (χ2v) is 11.4. The molecule has 1 unspecified atom stereocenters. The number of hydrogen-bond donors (Lipinski definition) is 0. The molecule has 0 radical (unpaired) electrons. The molecule has 1 heteroatoms. The molecule has 0 saturated carbocycles. The van der Waals surface area contributed by atoms with Gasteiger partial charge in [-0.3, -0.25) is 0 Å². The number of rotatable bonds is 7. The maximum atomic E-state index is 2.40. The molecular weight excluding hydrogens is 518 g/mol. The Morgan fingerprint density at radius 2 is 1.26 bits per heavy atom. The van der Waals surface area contributed by atoms with Crippen LogP contribution in [0.2, 0.25) is 0 Å². The van der Waals surface area contributed by atoms with Gasteiger partial charge in [-0.1, -0.05) is 140 Å². The van der Waals surface area contributed by atoms with Crippen LogP contribution < -0.4 is 4.90 Å². The highest BCUT2D eigenvalue weighted by atomic mass is 15.1. The van der Waals surface area contributed by atoms with Crippen molar-refractivity contribution in [3.63, 3.8) is 0 Å². The summed E-state index contributed by atoms with van der Waals surface area (Å²) in [6.07, 6.45) is 11.2. The molecule has 0 aromatic heterocycles. The van der Waals surface area contributed by atoms with Gasteiger partial charge < -0.3 is 4.90 Å². The lowest BCUT2D eigenvalue weighted by molar-refractivity contribution is 0.738. The van der Waals surface area contributed by atoms with Crippen molar-refractivity contribution < 1.29 is 0 Å². The summed E-state index contributed by atoms with van der Waals surface area (Å²) in [7, 11) is 0. The lowest BCUT2D eigenvalue weighted by atomic mass is 9.84. The van der Waals surface area contributed by atoms with Crippen LogP contribution in [-0.2, 0) is 6.42 Å². The predicted octanol–water partition coefficient (Wildman–Crippen LogP) is 11.6. The maximum absolute atomic E-state index is 2.40. The summed E-state index contributed by atoms with van der Waals surface area (Å²) in [6.45, 7) is 2.34. The zero-order valence-electron chi connectivity index (χ0n) is 24.5. The van der Waals surface area contributed by atoms with E-state index in [0.29, 0.717) is 5.92 Å². The van der Waals surface area contributed by atoms with Gasteiger partial charge in [0.25, 0.3) is 0 Å². The Bertz CT molecular complexity index is 1960. The second-order valence-electron chi connectivity index (χ2n) is 11.4. The molecule has 6 aromatic carbocycles. The minimum Gasteiger partial charge on any atom is -0.310 e. The van der Waals surface area contributed by atoms with E-state index < -0.39 is 0 Å². The van der Waals surface area contributed by atoms with Crippen LogP contribution in [0.4, 0.5) is 17.1 Å². The molecule has 0 aliphatic heterocycles. The first kappa shape index (κ1) is 26.7. The van der Waals surface area contributed by atoms with Crippen LogP contribution >= 0.6 is 0 Å². The Hall–Kier alpha value is -5.14. The summed E-state index contributed by atoms with van der Waals surface area (Å²) >= 11 is 0. The van der Waals surface area contributed by atoms with E-state index in [0.717, 1.165) is 24.2 Å². The Labute approximate surface area is 254 Å². The summed E-state index contributed by atoms with van der Waals surface area (Å²) in [6, 6.07) is 50.3. The molecule has 1 nitrogen and oxygen atoms in total. The van der Waals surface area contributed by atoms with E-state index in [1.54, 1.807) is 0 Å². The highest BCUT2D eigenvalue weighted by Crippen LogP contribution is 2.42. The minimum atomic E-state index is 0.460. The van der Waals surface area contributed by atoms with E-state index in [2.05, 4.69) is 176 Å². The van der Waals surface area contributed by atoms with Crippen LogP contribution in [0.25, 0.3) is 27.1 Å². The Kier molecular flexibility index (Phi) is 7.46. The lowest BCUT2D eigenvalue weighted by Gasteiger charge is -2.28. The van der Waals surface area contributed by atoms with E-state index in [1.807, 2.05) is 0 Å². The van der Waals surface area contributed by atoms with Crippen LogP contribution in [0.15, 0.2) is 169 Å². The normalized spacial score (nSPS) is 15.0. The van der Waals surface area contributed by atoms with E-state index in [4.69, 9.17) is 0 Å². The van der Waals surface area contributed by atoms with Gasteiger partial charge in [-0.05, 0) is 87.5 Å². The number of hydrogen-bond acceptors (Lipinski definition) is 1. The number of anilines is 3. The van der Waals surface area contributed by atoms with E-state index in [9.17, 15) is 0 Å². The summed E-state index contributed by atoms with van der Waals surface area (Å²) in [5.41, 5.74) is 8.91. The first-order valence-electron chi connectivity index (χ1n) is 15.2. The molecule has 0 spiro atoms. The molecule has 0 N–H and O–H groups in total. The van der Waals surface area contributed by atoms with Gasteiger partial charge in [0.2, 0.25) is 0 Å². The molecule has 0 fully saturated rings. The van der Waals surface area contributed by atoms with E-state index >= 15 is 0 Å². The molecule has 0 saturated heterocycles. The van der Waals surface area contributed by atoms with Gasteiger partial charge in [-0.15, -0.1) is 0 Å². The van der Waals surface area contributed by atoms with Crippen LogP contribution in [0.1, 0.15) is 24.5 Å². The SMILES string of the molecule is CC1CC(/C=C/Cc2ccccc2)=CC=C1c1ccc(N(c2ccccc2)c2cc3ccccc3c3ccccc23)cc1. The standard InChI is InChI=1S/C42H35N/c1-31-29-33(16-12-15-32-13-4-2-5-14-32)23-28-38(31)34-24-26-37(27-25-34)43(36-18-6-3-7-19-36)42-30-35-17-8-9-20-39(35)40-21-10-11-22-41(40)42/h2-14,16-28,30-31H,15,29H2,1H3/b16-12+. The Balaban J connectivity index is 1.23. The monoisotopic (exact) mass is 553 g/mol. The first-order valence-corrected chi connectivity index (χ1v) is 15.2. The zero-order chi connectivity index (χ0) is 29.0. The summed E-state index contributed by atoms with van der Waals surface area (Å²) in [5.74, 6) is 0.460. The molecule has 0 amide bonds. The second kappa shape index (κ2) is 12.0. The molecule has 1 aliphatic rings. The summed E-state index contributed by atoms with van der Waals surface area (Å²) < 4.78 is 0. The molecule has 7 rings (SSSR count). The molecule has 208 valence electrons. The molecule has 1 aliphatic carbocycles. The molecular formula is C42H35N. The Morgan fingerprint density at radius 3 is 2.00 bits per heavy atom. The Morgan fingerprint density at radius 1 is 0.628 bits per heavy atom. The van der Waals surface area contributed by atoms with Crippen molar-refractivity contribution in [2.45, 2.75) is 19.8 Å². The average Bonchev–Trinajstić information content (AvgIpc) is 3.06. The third-order valence-corrected chi connectivity index (χ3v) is 8.54. The number of benzene rings is 6. The van der Waals surface area contributed by atoms with Gasteiger partial charge in [-0.2, -0.15) is 0 Å². The average molecular weight is 554 g/mol. The molecule has 6 aromatic rings. The lowest BCUT2D eigenvalue weighted by Crippen LogP contribution is -2.11. The number of allylic oxidation sites excluding steroid dienone is 6. The van der Waals surface area contributed by atoms with Crippen molar-refractivity contribution >= 4 is 44.2 Å². The van der Waals surface area contributed by atoms with Crippen molar-refractivity contribution in [2.24, 2.45) is 5.92 Å². The van der Waals surface area contributed by atoms with Crippen LogP contribution in [-0.4, -0.2) is 0 Å². The fourth-order valence-electron chi connectivity index (χ4n) is 6.38. The largest absolute Gasteiger partial charge is 0.310 e. The van der Waals surface area contributed by atoms with Crippen molar-refractivity contribution in [3.05, 3.63) is 181 Å². The molecule has 1 atom stereocenters. The molecule has 0 bridgehead atoms. The highest BCUT2D eigenvalue weighted by Gasteiger charge is 2.19. The number of para-hydroxylation sites is 1. The third kappa shape index (κ3) is 5.55. The number of nitrogens with zero attached hydrogens (tertiary/aromatic N) is 1. The number of fused-ring (bicyclic) bond motifs is 3. The molecule has 0 heterocycles. The summed E-state index contributed by atoms with van der Waals surface area (Å²) in [4.78, 5) is 2.40. The van der Waals surface area contributed by atoms with Gasteiger partial charge >= 0.3 is 0 Å². The maximum Gasteiger partial charge on any atom is 0.0546 e. The van der Waals surface area contributed by atoms with E-state index in [1.165, 1.54) is 49.5 Å². The zero-order valence-corrected chi connectivity index (χ0v) is 24.5. The summed E-state index contributed by atoms with van der Waals surface area (Å²) in [5, 5.41) is 5.05. The third-order valence-electron chi connectivity index (χ3n) is 8.54. The predicted molar refractivity (Wildman–Crippen MR) is 185 cm³/mol. The van der Waals surface area contributed by atoms with Crippen LogP contribution in [0.5, 0.6) is 0 Å². The highest BCUT2D eigenvalue weighted by molar-refractivity contribution is 6.14. The smallest absolute Gasteiger partial charge is 0.0546 e.